The van der Waals surface area contributed by atoms with Crippen LogP contribution in [0.25, 0.3) is 6.08 Å². The maximum atomic E-state index is 14.4. The van der Waals surface area contributed by atoms with Crippen molar-refractivity contribution >= 4 is 47.7 Å². The summed E-state index contributed by atoms with van der Waals surface area (Å²) in [5.41, 5.74) is -7.59. The second kappa shape index (κ2) is 16.2. The number of fused-ring (bicyclic) bond motifs is 1. The molecule has 3 saturated carbocycles. The molecule has 1 N–H and O–H groups in total. The van der Waals surface area contributed by atoms with Crippen molar-refractivity contribution in [3.63, 3.8) is 0 Å². The Morgan fingerprint density at radius 2 is 1.39 bits per heavy atom. The van der Waals surface area contributed by atoms with Crippen molar-refractivity contribution in [1.29, 1.82) is 0 Å². The van der Waals surface area contributed by atoms with E-state index in [4.69, 9.17) is 33.2 Å². The van der Waals surface area contributed by atoms with Crippen molar-refractivity contribution in [3.8, 4) is 0 Å². The number of hydrogen-bond acceptors (Lipinski definition) is 15. The second-order valence-corrected chi connectivity index (χ2v) is 16.0. The van der Waals surface area contributed by atoms with Crippen molar-refractivity contribution in [3.05, 3.63) is 90.0 Å². The highest BCUT2D eigenvalue weighted by atomic mass is 16.6. The number of aliphatic hydroxyl groups is 1. The number of benzene rings is 2. The van der Waals surface area contributed by atoms with Gasteiger partial charge in [0.25, 0.3) is 0 Å². The van der Waals surface area contributed by atoms with E-state index in [0.29, 0.717) is 5.56 Å². The summed E-state index contributed by atoms with van der Waals surface area (Å²) in [4.78, 5) is 95.0. The first-order valence-corrected chi connectivity index (χ1v) is 19.2. The zero-order chi connectivity index (χ0) is 43.1. The van der Waals surface area contributed by atoms with E-state index in [2.05, 4.69) is 6.58 Å². The predicted molar refractivity (Wildman–Crippen MR) is 205 cm³/mol. The fourth-order valence-corrected chi connectivity index (χ4v) is 9.88. The molecule has 0 amide bonds. The maximum absolute atomic E-state index is 14.4. The summed E-state index contributed by atoms with van der Waals surface area (Å²) in [7, 11) is 0. The average molecular weight is 817 g/mol. The molecular weight excluding hydrogens is 768 g/mol. The third-order valence-corrected chi connectivity index (χ3v) is 12.5. The first-order chi connectivity index (χ1) is 27.8. The smallest absolute Gasteiger partial charge is 0.338 e. The lowest BCUT2D eigenvalue weighted by molar-refractivity contribution is -0.302. The van der Waals surface area contributed by atoms with Gasteiger partial charge in [0.05, 0.1) is 17.6 Å². The third-order valence-electron chi connectivity index (χ3n) is 12.5. The van der Waals surface area contributed by atoms with Gasteiger partial charge in [-0.15, -0.1) is 0 Å². The first kappa shape index (κ1) is 42.9. The molecule has 4 aliphatic rings. The number of rotatable bonds is 10. The number of esters is 6. The van der Waals surface area contributed by atoms with E-state index in [1.807, 2.05) is 6.07 Å². The van der Waals surface area contributed by atoms with Crippen molar-refractivity contribution in [2.45, 2.75) is 96.1 Å². The molecule has 0 spiro atoms. The minimum atomic E-state index is -2.54. The number of ketones is 1. The van der Waals surface area contributed by atoms with Crippen LogP contribution in [-0.4, -0.2) is 102 Å². The van der Waals surface area contributed by atoms with Crippen LogP contribution in [0.3, 0.4) is 0 Å². The van der Waals surface area contributed by atoms with Crippen LogP contribution in [0.4, 0.5) is 0 Å². The Hall–Kier alpha value is -5.67. The first-order valence-electron chi connectivity index (χ1n) is 19.2. The summed E-state index contributed by atoms with van der Waals surface area (Å²) in [5.74, 6) is -8.70. The predicted octanol–water partition coefficient (Wildman–Crippen LogP) is 3.89. The molecule has 2 aromatic rings. The number of hydrogen-bond donors (Lipinski definition) is 1. The molecule has 4 fully saturated rings. The largest absolute Gasteiger partial charge is 0.462 e. The lowest BCUT2D eigenvalue weighted by Crippen LogP contribution is -2.81. The molecule has 0 aromatic heterocycles. The molecule has 0 radical (unpaired) electrons. The van der Waals surface area contributed by atoms with Gasteiger partial charge in [-0.25, -0.2) is 9.59 Å². The minimum Gasteiger partial charge on any atom is -0.462 e. The van der Waals surface area contributed by atoms with Crippen LogP contribution in [0.1, 0.15) is 70.3 Å². The Morgan fingerprint density at radius 1 is 0.814 bits per heavy atom. The van der Waals surface area contributed by atoms with Crippen molar-refractivity contribution in [2.24, 2.45) is 22.7 Å². The summed E-state index contributed by atoms with van der Waals surface area (Å²) in [6.07, 6.45) is -6.44. The van der Waals surface area contributed by atoms with Crippen LogP contribution in [0.5, 0.6) is 0 Å². The van der Waals surface area contributed by atoms with Gasteiger partial charge in [0.1, 0.15) is 30.5 Å². The van der Waals surface area contributed by atoms with Crippen LogP contribution in [0, 0.1) is 22.7 Å². The van der Waals surface area contributed by atoms with Gasteiger partial charge in [0.15, 0.2) is 23.6 Å². The molecule has 1 saturated heterocycles. The standard InChI is InChI=1S/C44H48O15/c1-24-32(59-35(50)19-18-29-14-10-8-11-15-29)21-34(55-25(2)45)43(23-53-40(51)30-16-12-9-13-17-30)36(24)37(56-26(3)46)31-20-33(49)42(7)44(52,41(31,6)22-54-42)39(58-28(5)48)38(43)57-27(4)47/h8-19,31-32,34,36-39,52H,1,20-23H2,2-7H3/t31-,32-,34-,36-,37+,38-,39-,41-,42+,43+,44-/m0/s1. The van der Waals surface area contributed by atoms with Crippen LogP contribution >= 0.6 is 0 Å². The topological polar surface area (TPSA) is 204 Å². The molecule has 59 heavy (non-hydrogen) atoms. The van der Waals surface area contributed by atoms with E-state index in [9.17, 15) is 38.7 Å². The van der Waals surface area contributed by atoms with E-state index in [1.165, 1.54) is 31.2 Å². The molecule has 11 atom stereocenters. The summed E-state index contributed by atoms with van der Waals surface area (Å²) in [6.45, 7) is 10.4. The Labute approximate surface area is 340 Å². The third kappa shape index (κ3) is 7.35. The summed E-state index contributed by atoms with van der Waals surface area (Å²) in [5, 5.41) is 13.4. The van der Waals surface area contributed by atoms with Gasteiger partial charge in [0.2, 0.25) is 0 Å². The fraction of sp³-hybridized carbons (Fsp3) is 0.477. The van der Waals surface area contributed by atoms with E-state index < -0.39 is 119 Å². The second-order valence-electron chi connectivity index (χ2n) is 16.0. The molecular formula is C44H48O15. The van der Waals surface area contributed by atoms with E-state index in [-0.39, 0.29) is 24.2 Å². The van der Waals surface area contributed by atoms with Crippen LogP contribution in [0.2, 0.25) is 0 Å². The van der Waals surface area contributed by atoms with Gasteiger partial charge in [-0.3, -0.25) is 24.0 Å². The molecule has 1 aliphatic heterocycles. The van der Waals surface area contributed by atoms with Crippen LogP contribution in [0.15, 0.2) is 78.9 Å². The highest BCUT2D eigenvalue weighted by molar-refractivity contribution is 5.92. The number of carbonyl (C=O) groups excluding carboxylic acids is 7. The van der Waals surface area contributed by atoms with Gasteiger partial charge in [-0.2, -0.15) is 0 Å². The van der Waals surface area contributed by atoms with Gasteiger partial charge in [-0.05, 0) is 36.3 Å². The number of ether oxygens (including phenoxy) is 7. The molecule has 1 heterocycles. The van der Waals surface area contributed by atoms with Gasteiger partial charge in [-0.1, -0.05) is 62.0 Å². The Kier molecular flexibility index (Phi) is 11.8. The molecule has 2 aromatic carbocycles. The summed E-state index contributed by atoms with van der Waals surface area (Å²) < 4.78 is 42.7. The summed E-state index contributed by atoms with van der Waals surface area (Å²) >= 11 is 0. The van der Waals surface area contributed by atoms with Crippen LogP contribution in [-0.2, 0) is 61.9 Å². The highest BCUT2D eigenvalue weighted by Gasteiger charge is 2.83. The van der Waals surface area contributed by atoms with Gasteiger partial charge < -0.3 is 38.3 Å². The zero-order valence-electron chi connectivity index (χ0n) is 33.7. The van der Waals surface area contributed by atoms with Gasteiger partial charge >= 0.3 is 35.8 Å². The zero-order valence-corrected chi connectivity index (χ0v) is 33.7. The SMILES string of the molecule is C=C1[C@@H](OC(=O)C=Cc2ccccc2)C[C@H](OC(C)=O)[C@@]2(COC(=O)c3ccccc3)[C@@H](OC(C)=O)[C@H](OC(C)=O)[C@]3(O)[C@@]4(C)CO[C@]3(C)C(=O)C[C@H]4[C@@H](OC(C)=O)[C@H]12. The number of carbonyl (C=O) groups is 7. The summed E-state index contributed by atoms with van der Waals surface area (Å²) in [6, 6.07) is 16.8. The minimum absolute atomic E-state index is 0.0318. The monoisotopic (exact) mass is 816 g/mol. The van der Waals surface area contributed by atoms with E-state index >= 15 is 0 Å². The van der Waals surface area contributed by atoms with E-state index in [0.717, 1.165) is 27.7 Å². The molecule has 0 unspecified atom stereocenters. The van der Waals surface area contributed by atoms with Crippen LogP contribution < -0.4 is 0 Å². The quantitative estimate of drug-likeness (QED) is 0.156. The molecule has 3 aliphatic carbocycles. The normalized spacial score (nSPS) is 34.7. The lowest BCUT2D eigenvalue weighted by atomic mass is 9.43. The molecule has 15 nitrogen and oxygen atoms in total. The molecule has 314 valence electrons. The molecule has 6 rings (SSSR count). The average Bonchev–Trinajstić information content (AvgIpc) is 3.32. The van der Waals surface area contributed by atoms with Crippen molar-refractivity contribution in [1.82, 2.24) is 0 Å². The van der Waals surface area contributed by atoms with Crippen molar-refractivity contribution < 1.29 is 71.8 Å². The molecule has 15 heteroatoms. The fourth-order valence-electron chi connectivity index (χ4n) is 9.88. The Morgan fingerprint density at radius 3 is 1.98 bits per heavy atom. The number of Topliss-reactive ketones (excluding diaryl/α,β-unsaturated/α-hetero) is 1. The van der Waals surface area contributed by atoms with Crippen molar-refractivity contribution in [2.75, 3.05) is 13.2 Å². The Balaban J connectivity index is 1.65. The van der Waals surface area contributed by atoms with Gasteiger partial charge in [0, 0.05) is 63.9 Å². The highest BCUT2D eigenvalue weighted by Crippen LogP contribution is 2.67. The maximum Gasteiger partial charge on any atom is 0.338 e. The molecule has 4 bridgehead atoms. The lowest BCUT2D eigenvalue weighted by Gasteiger charge is -2.65. The Bertz CT molecular complexity index is 2060. The van der Waals surface area contributed by atoms with E-state index in [1.54, 1.807) is 49.4 Å².